The van der Waals surface area contributed by atoms with Crippen molar-refractivity contribution in [1.29, 1.82) is 0 Å². The fourth-order valence-corrected chi connectivity index (χ4v) is 2.36. The lowest BCUT2D eigenvalue weighted by atomic mass is 10.1. The van der Waals surface area contributed by atoms with Gasteiger partial charge in [0.25, 0.3) is 0 Å². The van der Waals surface area contributed by atoms with E-state index in [2.05, 4.69) is 0 Å². The smallest absolute Gasteiger partial charge is 0.414 e. The molecule has 0 N–H and O–H groups in total. The highest BCUT2D eigenvalue weighted by Gasteiger charge is 2.30. The highest BCUT2D eigenvalue weighted by Crippen LogP contribution is 2.36. The predicted molar refractivity (Wildman–Crippen MR) is 75.0 cm³/mol. The zero-order valence-corrected chi connectivity index (χ0v) is 12.2. The van der Waals surface area contributed by atoms with E-state index < -0.39 is 5.60 Å². The number of hydrogen-bond acceptors (Lipinski definition) is 3. The minimum Gasteiger partial charge on any atom is -0.496 e. The highest BCUT2D eigenvalue weighted by atomic mass is 16.6. The normalized spacial score (nSPS) is 14.3. The molecule has 0 aliphatic carbocycles. The Hall–Kier alpha value is -1.71. The van der Waals surface area contributed by atoms with E-state index in [0.29, 0.717) is 6.54 Å². The van der Waals surface area contributed by atoms with Crippen molar-refractivity contribution in [1.82, 2.24) is 0 Å². The minimum absolute atomic E-state index is 0.282. The number of methoxy groups -OCH3 is 1. The van der Waals surface area contributed by atoms with Crippen LogP contribution in [0.1, 0.15) is 31.9 Å². The monoisotopic (exact) mass is 263 g/mol. The van der Waals surface area contributed by atoms with E-state index in [-0.39, 0.29) is 6.09 Å². The van der Waals surface area contributed by atoms with Gasteiger partial charge in [-0.05, 0) is 57.4 Å². The van der Waals surface area contributed by atoms with Gasteiger partial charge in [-0.1, -0.05) is 0 Å². The van der Waals surface area contributed by atoms with Gasteiger partial charge >= 0.3 is 6.09 Å². The van der Waals surface area contributed by atoms with Crippen LogP contribution in [0, 0.1) is 6.92 Å². The second-order valence-corrected chi connectivity index (χ2v) is 5.77. The molecule has 1 amide bonds. The topological polar surface area (TPSA) is 38.8 Å². The molecule has 4 heteroatoms. The first-order chi connectivity index (χ1) is 8.83. The lowest BCUT2D eigenvalue weighted by molar-refractivity contribution is 0.0584. The van der Waals surface area contributed by atoms with Crippen LogP contribution in [-0.4, -0.2) is 25.3 Å². The van der Waals surface area contributed by atoms with Crippen LogP contribution in [-0.2, 0) is 11.2 Å². The lowest BCUT2D eigenvalue weighted by Gasteiger charge is -2.25. The fraction of sp³-hybridized carbons (Fsp3) is 0.533. The summed E-state index contributed by atoms with van der Waals surface area (Å²) in [7, 11) is 1.66. The molecule has 0 radical (unpaired) electrons. The summed E-state index contributed by atoms with van der Waals surface area (Å²) in [4.78, 5) is 13.9. The van der Waals surface area contributed by atoms with Crippen LogP contribution in [0.4, 0.5) is 10.5 Å². The molecular weight excluding hydrogens is 242 g/mol. The van der Waals surface area contributed by atoms with Gasteiger partial charge in [0.05, 0.1) is 12.8 Å². The van der Waals surface area contributed by atoms with Crippen molar-refractivity contribution in [3.63, 3.8) is 0 Å². The summed E-state index contributed by atoms with van der Waals surface area (Å²) < 4.78 is 10.7. The Morgan fingerprint density at radius 2 is 2.00 bits per heavy atom. The van der Waals surface area contributed by atoms with Crippen LogP contribution in [0.15, 0.2) is 12.1 Å². The van der Waals surface area contributed by atoms with E-state index in [4.69, 9.17) is 9.47 Å². The Kier molecular flexibility index (Phi) is 3.43. The van der Waals surface area contributed by atoms with Gasteiger partial charge in [0.15, 0.2) is 0 Å². The quantitative estimate of drug-likeness (QED) is 0.780. The van der Waals surface area contributed by atoms with Gasteiger partial charge in [-0.15, -0.1) is 0 Å². The molecule has 1 aliphatic heterocycles. The van der Waals surface area contributed by atoms with Crippen molar-refractivity contribution in [2.24, 2.45) is 0 Å². The largest absolute Gasteiger partial charge is 0.496 e. The third-order valence-electron chi connectivity index (χ3n) is 3.23. The van der Waals surface area contributed by atoms with Crippen LogP contribution in [0.25, 0.3) is 0 Å². The van der Waals surface area contributed by atoms with Gasteiger partial charge in [0, 0.05) is 6.54 Å². The number of carbonyl (C=O) groups excluding carboxylic acids is 1. The molecule has 1 aromatic carbocycles. The van der Waals surface area contributed by atoms with Crippen molar-refractivity contribution in [2.75, 3.05) is 18.6 Å². The summed E-state index contributed by atoms with van der Waals surface area (Å²) in [6.45, 7) is 8.32. The summed E-state index contributed by atoms with van der Waals surface area (Å²) in [6, 6.07) is 3.83. The van der Waals surface area contributed by atoms with Gasteiger partial charge < -0.3 is 9.47 Å². The number of hydrogen-bond donors (Lipinski definition) is 0. The van der Waals surface area contributed by atoms with Gasteiger partial charge in [-0.25, -0.2) is 4.79 Å². The summed E-state index contributed by atoms with van der Waals surface area (Å²) >= 11 is 0. The first kappa shape index (κ1) is 13.7. The fourth-order valence-electron chi connectivity index (χ4n) is 2.36. The van der Waals surface area contributed by atoms with E-state index in [9.17, 15) is 4.79 Å². The van der Waals surface area contributed by atoms with E-state index in [0.717, 1.165) is 23.4 Å². The summed E-state index contributed by atoms with van der Waals surface area (Å²) in [5.41, 5.74) is 2.74. The molecule has 104 valence electrons. The van der Waals surface area contributed by atoms with Crippen LogP contribution in [0.3, 0.4) is 0 Å². The first-order valence-corrected chi connectivity index (χ1v) is 6.50. The third-order valence-corrected chi connectivity index (χ3v) is 3.23. The van der Waals surface area contributed by atoms with E-state index in [1.807, 2.05) is 39.8 Å². The summed E-state index contributed by atoms with van der Waals surface area (Å²) in [5.74, 6) is 0.866. The predicted octanol–water partition coefficient (Wildman–Crippen LogP) is 3.30. The molecule has 0 spiro atoms. The Bertz CT molecular complexity index is 503. The molecule has 0 saturated carbocycles. The van der Waals surface area contributed by atoms with E-state index >= 15 is 0 Å². The van der Waals surface area contributed by atoms with Crippen LogP contribution < -0.4 is 9.64 Å². The minimum atomic E-state index is -0.471. The van der Waals surface area contributed by atoms with Crippen molar-refractivity contribution in [3.05, 3.63) is 23.3 Å². The van der Waals surface area contributed by atoms with Crippen molar-refractivity contribution in [3.8, 4) is 5.75 Å². The molecule has 0 fully saturated rings. The maximum atomic E-state index is 12.2. The van der Waals surface area contributed by atoms with Gasteiger partial charge in [0.1, 0.15) is 11.4 Å². The second kappa shape index (κ2) is 4.76. The molecule has 1 heterocycles. The molecule has 1 aliphatic rings. The molecule has 0 unspecified atom stereocenters. The Balaban J connectivity index is 2.28. The summed E-state index contributed by atoms with van der Waals surface area (Å²) in [5, 5.41) is 0. The number of nitrogens with zero attached hydrogens (tertiary/aromatic N) is 1. The molecule has 0 aromatic heterocycles. The number of ether oxygens (including phenoxy) is 2. The lowest BCUT2D eigenvalue weighted by Crippen LogP contribution is -2.35. The average molecular weight is 263 g/mol. The SMILES string of the molecule is COc1ccc2c(c1C)CCN2C(=O)OC(C)(C)C. The maximum absolute atomic E-state index is 12.2. The average Bonchev–Trinajstić information content (AvgIpc) is 2.72. The maximum Gasteiger partial charge on any atom is 0.414 e. The number of fused-ring (bicyclic) bond motifs is 1. The second-order valence-electron chi connectivity index (χ2n) is 5.77. The molecular formula is C15H21NO3. The van der Waals surface area contributed by atoms with Crippen molar-refractivity contribution >= 4 is 11.8 Å². The Morgan fingerprint density at radius 3 is 2.58 bits per heavy atom. The van der Waals surface area contributed by atoms with Gasteiger partial charge in [-0.3, -0.25) is 4.90 Å². The number of carbonyl (C=O) groups is 1. The first-order valence-electron chi connectivity index (χ1n) is 6.50. The Morgan fingerprint density at radius 1 is 1.32 bits per heavy atom. The Labute approximate surface area is 114 Å². The van der Waals surface area contributed by atoms with Crippen molar-refractivity contribution < 1.29 is 14.3 Å². The van der Waals surface area contributed by atoms with E-state index in [1.165, 1.54) is 5.56 Å². The van der Waals surface area contributed by atoms with Crippen molar-refractivity contribution in [2.45, 2.75) is 39.7 Å². The molecule has 1 aromatic rings. The van der Waals surface area contributed by atoms with Crippen LogP contribution >= 0.6 is 0 Å². The number of rotatable bonds is 1. The van der Waals surface area contributed by atoms with E-state index in [1.54, 1.807) is 12.0 Å². The molecule has 2 rings (SSSR count). The molecule has 0 bridgehead atoms. The molecule has 4 nitrogen and oxygen atoms in total. The summed E-state index contributed by atoms with van der Waals surface area (Å²) in [6.07, 6.45) is 0.563. The number of benzene rings is 1. The molecule has 0 saturated heterocycles. The van der Waals surface area contributed by atoms with Gasteiger partial charge in [0.2, 0.25) is 0 Å². The molecule has 19 heavy (non-hydrogen) atoms. The third kappa shape index (κ3) is 2.67. The standard InChI is InChI=1S/C15H21NO3/c1-10-11-8-9-16(14(17)19-15(2,3)4)12(11)6-7-13(10)18-5/h6-7H,8-9H2,1-5H3. The van der Waals surface area contributed by atoms with Gasteiger partial charge in [-0.2, -0.15) is 0 Å². The van der Waals surface area contributed by atoms with Crippen LogP contribution in [0.5, 0.6) is 5.75 Å². The molecule has 0 atom stereocenters. The zero-order valence-electron chi connectivity index (χ0n) is 12.2. The zero-order chi connectivity index (χ0) is 14.2. The number of amides is 1. The number of anilines is 1. The highest BCUT2D eigenvalue weighted by molar-refractivity contribution is 5.91. The van der Waals surface area contributed by atoms with Crippen LogP contribution in [0.2, 0.25) is 0 Å².